The van der Waals surface area contributed by atoms with Crippen LogP contribution in [0.4, 0.5) is 8.78 Å². The molecule has 0 saturated carbocycles. The molecule has 0 fully saturated rings. The molecule has 110 valence electrons. The van der Waals surface area contributed by atoms with E-state index in [9.17, 15) is 18.7 Å². The Balaban J connectivity index is 1.98. The number of carbonyl (C=O) groups excluding carboxylic acids is 1. The van der Waals surface area contributed by atoms with Crippen LogP contribution in [0.5, 0.6) is 0 Å². The lowest BCUT2D eigenvalue weighted by molar-refractivity contribution is 0.0915. The number of aliphatic hydroxyl groups excluding tert-OH is 1. The van der Waals surface area contributed by atoms with Crippen molar-refractivity contribution in [3.63, 3.8) is 0 Å². The highest BCUT2D eigenvalue weighted by molar-refractivity contribution is 6.30. The average molecular weight is 312 g/mol. The first-order valence-corrected chi connectivity index (χ1v) is 6.51. The molecule has 0 aromatic heterocycles. The van der Waals surface area contributed by atoms with Crippen molar-refractivity contribution in [1.82, 2.24) is 5.32 Å². The Kier molecular flexibility index (Phi) is 4.88. The largest absolute Gasteiger partial charge is 0.387 e. The Morgan fingerprint density at radius 2 is 1.71 bits per heavy atom. The maximum Gasteiger partial charge on any atom is 0.251 e. The summed E-state index contributed by atoms with van der Waals surface area (Å²) in [5.41, 5.74) is 0.431. The van der Waals surface area contributed by atoms with Crippen molar-refractivity contribution in [2.75, 3.05) is 6.54 Å². The van der Waals surface area contributed by atoms with Gasteiger partial charge >= 0.3 is 0 Å². The molecular formula is C15H12ClF2NO2. The molecule has 2 rings (SSSR count). The summed E-state index contributed by atoms with van der Waals surface area (Å²) < 4.78 is 26.0. The lowest BCUT2D eigenvalue weighted by atomic mass is 10.1. The maximum absolute atomic E-state index is 13.0. The summed E-state index contributed by atoms with van der Waals surface area (Å²) in [7, 11) is 0. The molecule has 3 nitrogen and oxygen atoms in total. The van der Waals surface area contributed by atoms with E-state index in [0.29, 0.717) is 16.7 Å². The molecule has 0 unspecified atom stereocenters. The standard InChI is InChI=1S/C15H12ClF2NO2/c16-11-3-1-9(2-4-11)14(20)8-19-15(21)10-5-12(17)7-13(18)6-10/h1-7,14,20H,8H2,(H,19,21)/t14-/m1/s1. The lowest BCUT2D eigenvalue weighted by Gasteiger charge is -2.12. The number of benzene rings is 2. The number of rotatable bonds is 4. The van der Waals surface area contributed by atoms with E-state index in [1.54, 1.807) is 24.3 Å². The fourth-order valence-electron chi connectivity index (χ4n) is 1.78. The van der Waals surface area contributed by atoms with Gasteiger partial charge in [0.25, 0.3) is 5.91 Å². The van der Waals surface area contributed by atoms with Crippen LogP contribution in [-0.2, 0) is 0 Å². The Morgan fingerprint density at radius 3 is 2.29 bits per heavy atom. The van der Waals surface area contributed by atoms with Gasteiger partial charge < -0.3 is 10.4 Å². The molecule has 1 amide bonds. The molecular weight excluding hydrogens is 300 g/mol. The lowest BCUT2D eigenvalue weighted by Crippen LogP contribution is -2.28. The van der Waals surface area contributed by atoms with Crippen LogP contribution >= 0.6 is 11.6 Å². The van der Waals surface area contributed by atoms with Crippen molar-refractivity contribution in [3.8, 4) is 0 Å². The minimum Gasteiger partial charge on any atom is -0.387 e. The van der Waals surface area contributed by atoms with Gasteiger partial charge in [0.15, 0.2) is 0 Å². The van der Waals surface area contributed by atoms with Crippen molar-refractivity contribution in [1.29, 1.82) is 0 Å². The minimum absolute atomic E-state index is 0.0847. The van der Waals surface area contributed by atoms with Gasteiger partial charge in [0.2, 0.25) is 0 Å². The Bertz CT molecular complexity index is 626. The second kappa shape index (κ2) is 6.65. The number of hydrogen-bond acceptors (Lipinski definition) is 2. The molecule has 0 spiro atoms. The molecule has 21 heavy (non-hydrogen) atoms. The van der Waals surface area contributed by atoms with Gasteiger partial charge in [-0.2, -0.15) is 0 Å². The number of amides is 1. The zero-order chi connectivity index (χ0) is 15.4. The summed E-state index contributed by atoms with van der Waals surface area (Å²) in [6, 6.07) is 9.01. The number of aliphatic hydroxyl groups is 1. The number of hydrogen-bond donors (Lipinski definition) is 2. The van der Waals surface area contributed by atoms with Crippen LogP contribution in [0.15, 0.2) is 42.5 Å². The Hall–Kier alpha value is -1.98. The van der Waals surface area contributed by atoms with E-state index in [1.807, 2.05) is 0 Å². The third-order valence-corrected chi connectivity index (χ3v) is 3.09. The predicted octanol–water partition coefficient (Wildman–Crippen LogP) is 3.08. The van der Waals surface area contributed by atoms with Gasteiger partial charge in [0.05, 0.1) is 6.10 Å². The predicted molar refractivity (Wildman–Crippen MR) is 75.1 cm³/mol. The minimum atomic E-state index is -0.940. The van der Waals surface area contributed by atoms with Gasteiger partial charge in [-0.05, 0) is 29.8 Å². The first kappa shape index (κ1) is 15.4. The van der Waals surface area contributed by atoms with E-state index >= 15 is 0 Å². The highest BCUT2D eigenvalue weighted by Gasteiger charge is 2.12. The number of halogens is 3. The molecule has 0 bridgehead atoms. The van der Waals surface area contributed by atoms with E-state index in [4.69, 9.17) is 11.6 Å². The van der Waals surface area contributed by atoms with E-state index < -0.39 is 23.6 Å². The van der Waals surface area contributed by atoms with Crippen LogP contribution in [-0.4, -0.2) is 17.6 Å². The van der Waals surface area contributed by atoms with Gasteiger partial charge in [0.1, 0.15) is 11.6 Å². The third kappa shape index (κ3) is 4.24. The maximum atomic E-state index is 13.0. The Labute approximate surface area is 125 Å². The van der Waals surface area contributed by atoms with E-state index in [-0.39, 0.29) is 12.1 Å². The van der Waals surface area contributed by atoms with E-state index in [2.05, 4.69) is 5.32 Å². The molecule has 0 aliphatic rings. The van der Waals surface area contributed by atoms with Gasteiger partial charge in [-0.1, -0.05) is 23.7 Å². The average Bonchev–Trinajstić information content (AvgIpc) is 2.44. The van der Waals surface area contributed by atoms with Crippen LogP contribution in [0.3, 0.4) is 0 Å². The highest BCUT2D eigenvalue weighted by Crippen LogP contribution is 2.16. The van der Waals surface area contributed by atoms with Crippen LogP contribution < -0.4 is 5.32 Å². The van der Waals surface area contributed by atoms with Crippen LogP contribution in [0.2, 0.25) is 5.02 Å². The smallest absolute Gasteiger partial charge is 0.251 e. The summed E-state index contributed by atoms with van der Waals surface area (Å²) in [6.07, 6.45) is -0.940. The van der Waals surface area contributed by atoms with Crippen LogP contribution in [0, 0.1) is 11.6 Å². The van der Waals surface area contributed by atoms with Gasteiger partial charge in [-0.3, -0.25) is 4.79 Å². The summed E-state index contributed by atoms with van der Waals surface area (Å²) in [6.45, 7) is -0.0847. The second-order valence-electron chi connectivity index (χ2n) is 4.44. The zero-order valence-electron chi connectivity index (χ0n) is 10.8. The Morgan fingerprint density at radius 1 is 1.14 bits per heavy atom. The van der Waals surface area contributed by atoms with Crippen molar-refractivity contribution < 1.29 is 18.7 Å². The molecule has 0 aliphatic heterocycles. The van der Waals surface area contributed by atoms with Crippen LogP contribution in [0.25, 0.3) is 0 Å². The summed E-state index contributed by atoms with van der Waals surface area (Å²) in [5.74, 6) is -2.33. The normalized spacial score (nSPS) is 12.0. The molecule has 1 atom stereocenters. The van der Waals surface area contributed by atoms with E-state index in [1.165, 1.54) is 0 Å². The monoisotopic (exact) mass is 311 g/mol. The first-order chi connectivity index (χ1) is 9.95. The molecule has 2 N–H and O–H groups in total. The van der Waals surface area contributed by atoms with E-state index in [0.717, 1.165) is 12.1 Å². The molecule has 0 aliphatic carbocycles. The summed E-state index contributed by atoms with van der Waals surface area (Å²) >= 11 is 5.73. The molecule has 0 heterocycles. The highest BCUT2D eigenvalue weighted by atomic mass is 35.5. The zero-order valence-corrected chi connectivity index (χ0v) is 11.6. The van der Waals surface area contributed by atoms with Crippen molar-refractivity contribution >= 4 is 17.5 Å². The van der Waals surface area contributed by atoms with Crippen molar-refractivity contribution in [3.05, 3.63) is 70.2 Å². The quantitative estimate of drug-likeness (QED) is 0.911. The van der Waals surface area contributed by atoms with Gasteiger partial charge in [0, 0.05) is 23.2 Å². The topological polar surface area (TPSA) is 49.3 Å². The first-order valence-electron chi connectivity index (χ1n) is 6.13. The molecule has 0 radical (unpaired) electrons. The third-order valence-electron chi connectivity index (χ3n) is 2.84. The van der Waals surface area contributed by atoms with Crippen LogP contribution in [0.1, 0.15) is 22.0 Å². The molecule has 2 aromatic rings. The molecule has 0 saturated heterocycles. The van der Waals surface area contributed by atoms with Crippen molar-refractivity contribution in [2.24, 2.45) is 0 Å². The van der Waals surface area contributed by atoms with Crippen molar-refractivity contribution in [2.45, 2.75) is 6.10 Å². The number of nitrogens with one attached hydrogen (secondary N) is 1. The molecule has 2 aromatic carbocycles. The summed E-state index contributed by atoms with van der Waals surface area (Å²) in [4.78, 5) is 11.8. The van der Waals surface area contributed by atoms with Gasteiger partial charge in [-0.25, -0.2) is 8.78 Å². The fraction of sp³-hybridized carbons (Fsp3) is 0.133. The summed E-state index contributed by atoms with van der Waals surface area (Å²) in [5, 5.41) is 12.9. The SMILES string of the molecule is O=C(NC[C@@H](O)c1ccc(Cl)cc1)c1cc(F)cc(F)c1. The fourth-order valence-corrected chi connectivity index (χ4v) is 1.91. The van der Waals surface area contributed by atoms with Gasteiger partial charge in [-0.15, -0.1) is 0 Å². The molecule has 6 heteroatoms. The number of carbonyl (C=O) groups is 1. The second-order valence-corrected chi connectivity index (χ2v) is 4.87.